The van der Waals surface area contributed by atoms with Gasteiger partial charge in [0.15, 0.2) is 0 Å². The van der Waals surface area contributed by atoms with Gasteiger partial charge < -0.3 is 11.1 Å². The van der Waals surface area contributed by atoms with Crippen LogP contribution in [0.3, 0.4) is 0 Å². The van der Waals surface area contributed by atoms with E-state index < -0.39 is 0 Å². The molecule has 3 N–H and O–H groups in total. The normalized spacial score (nSPS) is 18.8. The highest BCUT2D eigenvalue weighted by Crippen LogP contribution is 2.24. The third-order valence-electron chi connectivity index (χ3n) is 2.10. The van der Waals surface area contributed by atoms with Gasteiger partial charge in [-0.1, -0.05) is 0 Å². The van der Waals surface area contributed by atoms with Crippen molar-refractivity contribution in [3.8, 4) is 0 Å². The van der Waals surface area contributed by atoms with Crippen LogP contribution in [-0.4, -0.2) is 21.9 Å². The van der Waals surface area contributed by atoms with Gasteiger partial charge >= 0.3 is 0 Å². The lowest BCUT2D eigenvalue weighted by atomic mass is 10.1. The van der Waals surface area contributed by atoms with Crippen LogP contribution in [0, 0.1) is 0 Å². The van der Waals surface area contributed by atoms with Crippen molar-refractivity contribution in [1.82, 2.24) is 4.37 Å². The second kappa shape index (κ2) is 4.19. The molecule has 1 aromatic heterocycles. The largest absolute Gasteiger partial charge is 0.383 e. The molecule has 0 unspecified atom stereocenters. The zero-order chi connectivity index (χ0) is 9.10. The van der Waals surface area contributed by atoms with Gasteiger partial charge in [0.1, 0.15) is 10.8 Å². The van der Waals surface area contributed by atoms with Crippen LogP contribution >= 0.6 is 23.3 Å². The first-order valence-corrected chi connectivity index (χ1v) is 6.34. The number of nitrogens with two attached hydrogens (primary N) is 1. The van der Waals surface area contributed by atoms with Crippen LogP contribution in [0.5, 0.6) is 0 Å². The maximum absolute atomic E-state index is 5.54. The van der Waals surface area contributed by atoms with Crippen LogP contribution in [0.1, 0.15) is 12.8 Å². The molecular formula is C8H13N3S2. The molecule has 13 heavy (non-hydrogen) atoms. The van der Waals surface area contributed by atoms with Gasteiger partial charge in [-0.15, -0.1) is 0 Å². The van der Waals surface area contributed by atoms with E-state index in [2.05, 4.69) is 9.69 Å². The summed E-state index contributed by atoms with van der Waals surface area (Å²) >= 11 is 3.49. The summed E-state index contributed by atoms with van der Waals surface area (Å²) in [6, 6.07) is 2.54. The van der Waals surface area contributed by atoms with Crippen molar-refractivity contribution in [1.29, 1.82) is 0 Å². The molecule has 0 spiro atoms. The van der Waals surface area contributed by atoms with Crippen molar-refractivity contribution >= 4 is 34.1 Å². The maximum Gasteiger partial charge on any atom is 0.139 e. The monoisotopic (exact) mass is 215 g/mol. The van der Waals surface area contributed by atoms with E-state index in [9.17, 15) is 0 Å². The third-order valence-corrected chi connectivity index (χ3v) is 3.88. The Labute approximate surface area is 86.3 Å². The second-order valence-electron chi connectivity index (χ2n) is 3.15. The van der Waals surface area contributed by atoms with E-state index in [-0.39, 0.29) is 0 Å². The Bertz CT molecular complexity index is 268. The number of nitrogens with one attached hydrogen (secondary N) is 1. The Morgan fingerprint density at radius 3 is 2.85 bits per heavy atom. The molecule has 72 valence electrons. The number of rotatable bonds is 2. The zero-order valence-electron chi connectivity index (χ0n) is 7.32. The molecular weight excluding hydrogens is 202 g/mol. The average molecular weight is 215 g/mol. The molecule has 3 nitrogen and oxygen atoms in total. The predicted octanol–water partition coefficient (Wildman–Crippen LogP) is 2.03. The Kier molecular flexibility index (Phi) is 2.95. The topological polar surface area (TPSA) is 50.9 Å². The number of nitrogens with zero attached hydrogens (tertiary/aromatic N) is 1. The predicted molar refractivity (Wildman–Crippen MR) is 60.5 cm³/mol. The quantitative estimate of drug-likeness (QED) is 0.792. The summed E-state index contributed by atoms with van der Waals surface area (Å²) in [5.41, 5.74) is 5.54. The SMILES string of the molecule is Nc1cc(NC2CCSCC2)sn1. The van der Waals surface area contributed by atoms with Gasteiger partial charge in [0.05, 0.1) is 0 Å². The molecule has 1 fully saturated rings. The van der Waals surface area contributed by atoms with Crippen molar-refractivity contribution in [3.05, 3.63) is 6.07 Å². The number of nitrogen functional groups attached to an aromatic ring is 1. The fourth-order valence-corrected chi connectivity index (χ4v) is 3.16. The number of thioether (sulfide) groups is 1. The first-order valence-electron chi connectivity index (χ1n) is 4.41. The highest BCUT2D eigenvalue weighted by molar-refractivity contribution is 7.99. The molecule has 1 aromatic rings. The van der Waals surface area contributed by atoms with Gasteiger partial charge in [0, 0.05) is 12.1 Å². The van der Waals surface area contributed by atoms with Crippen LogP contribution < -0.4 is 11.1 Å². The first kappa shape index (κ1) is 9.15. The van der Waals surface area contributed by atoms with Crippen LogP contribution in [0.15, 0.2) is 6.07 Å². The summed E-state index contributed by atoms with van der Waals surface area (Å²) in [6.07, 6.45) is 2.50. The number of anilines is 2. The van der Waals surface area contributed by atoms with Gasteiger partial charge in [-0.05, 0) is 35.9 Å². The van der Waals surface area contributed by atoms with Gasteiger partial charge in [0.2, 0.25) is 0 Å². The molecule has 0 amide bonds. The van der Waals surface area contributed by atoms with E-state index in [0.717, 1.165) is 5.00 Å². The van der Waals surface area contributed by atoms with Crippen LogP contribution in [0.4, 0.5) is 10.8 Å². The van der Waals surface area contributed by atoms with Crippen LogP contribution in [-0.2, 0) is 0 Å². The molecule has 0 bridgehead atoms. The summed E-state index contributed by atoms with van der Waals surface area (Å²) in [4.78, 5) is 0. The van der Waals surface area contributed by atoms with Gasteiger partial charge in [-0.25, -0.2) is 0 Å². The Morgan fingerprint density at radius 1 is 1.46 bits per heavy atom. The molecule has 0 aliphatic carbocycles. The van der Waals surface area contributed by atoms with Gasteiger partial charge in [0.25, 0.3) is 0 Å². The molecule has 0 aromatic carbocycles. The lowest BCUT2D eigenvalue weighted by Gasteiger charge is -2.22. The maximum atomic E-state index is 5.54. The summed E-state index contributed by atoms with van der Waals surface area (Å²) < 4.78 is 4.03. The summed E-state index contributed by atoms with van der Waals surface area (Å²) in [6.45, 7) is 0. The highest BCUT2D eigenvalue weighted by Gasteiger charge is 2.13. The number of hydrogen-bond donors (Lipinski definition) is 2. The van der Waals surface area contributed by atoms with E-state index in [1.54, 1.807) is 0 Å². The summed E-state index contributed by atoms with van der Waals surface area (Å²) in [7, 11) is 0. The fourth-order valence-electron chi connectivity index (χ4n) is 1.40. The van der Waals surface area contributed by atoms with Gasteiger partial charge in [-0.2, -0.15) is 16.1 Å². The Balaban J connectivity index is 1.89. The minimum atomic E-state index is 0.623. The molecule has 1 aliphatic heterocycles. The van der Waals surface area contributed by atoms with Crippen LogP contribution in [0.2, 0.25) is 0 Å². The van der Waals surface area contributed by atoms with Crippen molar-refractivity contribution in [2.45, 2.75) is 18.9 Å². The van der Waals surface area contributed by atoms with Crippen molar-refractivity contribution in [2.24, 2.45) is 0 Å². The minimum absolute atomic E-state index is 0.623. The third kappa shape index (κ3) is 2.51. The minimum Gasteiger partial charge on any atom is -0.383 e. The molecule has 0 radical (unpaired) electrons. The molecule has 2 heterocycles. The van der Waals surface area contributed by atoms with E-state index >= 15 is 0 Å². The van der Waals surface area contributed by atoms with E-state index in [4.69, 9.17) is 5.73 Å². The lowest BCUT2D eigenvalue weighted by Crippen LogP contribution is -2.23. The van der Waals surface area contributed by atoms with Crippen molar-refractivity contribution < 1.29 is 0 Å². The molecule has 5 heteroatoms. The van der Waals surface area contributed by atoms with Gasteiger partial charge in [-0.3, -0.25) is 0 Å². The number of hydrogen-bond acceptors (Lipinski definition) is 5. The standard InChI is InChI=1S/C8H13N3S2/c9-7-5-8(13-11-7)10-6-1-3-12-4-2-6/h5-6,10H,1-4H2,(H2,9,11). The molecule has 0 saturated carbocycles. The lowest BCUT2D eigenvalue weighted by molar-refractivity contribution is 0.669. The molecule has 0 atom stereocenters. The molecule has 1 aliphatic rings. The smallest absolute Gasteiger partial charge is 0.139 e. The summed E-state index contributed by atoms with van der Waals surface area (Å²) in [5.74, 6) is 3.16. The Hall–Kier alpha value is -0.420. The Morgan fingerprint density at radius 2 is 2.23 bits per heavy atom. The van der Waals surface area contributed by atoms with Crippen LogP contribution in [0.25, 0.3) is 0 Å². The van der Waals surface area contributed by atoms with Crippen molar-refractivity contribution in [3.63, 3.8) is 0 Å². The summed E-state index contributed by atoms with van der Waals surface area (Å²) in [5, 5.41) is 4.57. The average Bonchev–Trinajstić information content (AvgIpc) is 2.53. The van der Waals surface area contributed by atoms with E-state index in [0.29, 0.717) is 11.9 Å². The van der Waals surface area contributed by atoms with Crippen molar-refractivity contribution in [2.75, 3.05) is 22.6 Å². The molecule has 1 saturated heterocycles. The zero-order valence-corrected chi connectivity index (χ0v) is 8.96. The second-order valence-corrected chi connectivity index (χ2v) is 5.18. The fraction of sp³-hybridized carbons (Fsp3) is 0.625. The highest BCUT2D eigenvalue weighted by atomic mass is 32.2. The van der Waals surface area contributed by atoms with E-state index in [1.165, 1.54) is 35.9 Å². The molecule has 2 rings (SSSR count). The van der Waals surface area contributed by atoms with E-state index in [1.807, 2.05) is 17.8 Å². The first-order chi connectivity index (χ1) is 6.34. The number of aromatic nitrogens is 1.